The minimum atomic E-state index is -0.0802. The molecule has 0 bridgehead atoms. The summed E-state index contributed by atoms with van der Waals surface area (Å²) >= 11 is 0. The van der Waals surface area contributed by atoms with E-state index in [0.717, 1.165) is 37.9 Å². The second-order valence-electron chi connectivity index (χ2n) is 6.51. The number of hydrogen-bond donors (Lipinski definition) is 1. The molecule has 1 spiro atoms. The number of carbonyl (C=O) groups is 1. The van der Waals surface area contributed by atoms with Gasteiger partial charge in [-0.05, 0) is 55.4 Å². The second kappa shape index (κ2) is 6.55. The molecule has 0 atom stereocenters. The van der Waals surface area contributed by atoms with E-state index >= 15 is 0 Å². The molecular formula is C19H25NO2. The smallest absolute Gasteiger partial charge is 0.226 e. The molecule has 2 aliphatic rings. The average molecular weight is 299 g/mol. The summed E-state index contributed by atoms with van der Waals surface area (Å²) in [7, 11) is 1.69. The van der Waals surface area contributed by atoms with E-state index in [1.165, 1.54) is 24.0 Å². The van der Waals surface area contributed by atoms with Gasteiger partial charge in [0.2, 0.25) is 5.91 Å². The van der Waals surface area contributed by atoms with Crippen LogP contribution in [0.5, 0.6) is 5.75 Å². The first kappa shape index (κ1) is 15.1. The van der Waals surface area contributed by atoms with Crippen molar-refractivity contribution in [2.45, 2.75) is 44.9 Å². The molecular weight excluding hydrogens is 274 g/mol. The predicted octanol–water partition coefficient (Wildman–Crippen LogP) is 3.94. The van der Waals surface area contributed by atoms with Crippen LogP contribution in [-0.2, 0) is 4.79 Å². The van der Waals surface area contributed by atoms with E-state index in [1.54, 1.807) is 7.11 Å². The number of benzene rings is 1. The zero-order valence-electron chi connectivity index (χ0n) is 13.4. The standard InChI is InChI=1S/C19H25NO2/c1-22-17-8-6-16(7-9-17)15-5-4-13-19(11-2-3-12-19)18(21)20-14-10-15/h6-10H,2-5,11-14H2,1H3,(H,20,21)/b15-10+. The van der Waals surface area contributed by atoms with Gasteiger partial charge in [-0.15, -0.1) is 0 Å². The molecule has 1 amide bonds. The van der Waals surface area contributed by atoms with Gasteiger partial charge < -0.3 is 10.1 Å². The van der Waals surface area contributed by atoms with Crippen molar-refractivity contribution in [3.63, 3.8) is 0 Å². The first-order valence-electron chi connectivity index (χ1n) is 8.35. The van der Waals surface area contributed by atoms with Gasteiger partial charge in [-0.3, -0.25) is 4.79 Å². The molecule has 0 aromatic heterocycles. The zero-order valence-corrected chi connectivity index (χ0v) is 13.4. The summed E-state index contributed by atoms with van der Waals surface area (Å²) in [5.74, 6) is 1.16. The number of carbonyl (C=O) groups excluding carboxylic acids is 1. The molecule has 1 saturated carbocycles. The number of nitrogens with one attached hydrogen (secondary N) is 1. The second-order valence-corrected chi connectivity index (χ2v) is 6.51. The molecule has 0 unspecified atom stereocenters. The molecule has 1 heterocycles. The Morgan fingerprint density at radius 1 is 1.05 bits per heavy atom. The third-order valence-electron chi connectivity index (χ3n) is 5.22. The lowest BCUT2D eigenvalue weighted by atomic mass is 9.80. The van der Waals surface area contributed by atoms with Crippen molar-refractivity contribution in [2.75, 3.05) is 13.7 Å². The molecule has 118 valence electrons. The summed E-state index contributed by atoms with van der Waals surface area (Å²) in [6.07, 6.45) is 9.86. The molecule has 3 heteroatoms. The van der Waals surface area contributed by atoms with Gasteiger partial charge in [-0.25, -0.2) is 0 Å². The van der Waals surface area contributed by atoms with Crippen LogP contribution in [0.3, 0.4) is 0 Å². The molecule has 1 aromatic rings. The normalized spacial score (nSPS) is 23.9. The molecule has 1 fully saturated rings. The molecule has 1 aliphatic heterocycles. The van der Waals surface area contributed by atoms with Crippen molar-refractivity contribution < 1.29 is 9.53 Å². The third kappa shape index (κ3) is 3.03. The van der Waals surface area contributed by atoms with E-state index in [1.807, 2.05) is 12.1 Å². The van der Waals surface area contributed by atoms with Gasteiger partial charge in [0, 0.05) is 12.0 Å². The van der Waals surface area contributed by atoms with E-state index in [4.69, 9.17) is 4.74 Å². The lowest BCUT2D eigenvalue weighted by Gasteiger charge is -2.26. The highest BCUT2D eigenvalue weighted by atomic mass is 16.5. The van der Waals surface area contributed by atoms with Crippen molar-refractivity contribution >= 4 is 11.5 Å². The Morgan fingerprint density at radius 2 is 1.73 bits per heavy atom. The molecule has 3 nitrogen and oxygen atoms in total. The number of methoxy groups -OCH3 is 1. The Morgan fingerprint density at radius 3 is 2.41 bits per heavy atom. The fraction of sp³-hybridized carbons (Fsp3) is 0.526. The summed E-state index contributed by atoms with van der Waals surface area (Å²) in [4.78, 5) is 12.5. The maximum Gasteiger partial charge on any atom is 0.226 e. The van der Waals surface area contributed by atoms with E-state index in [9.17, 15) is 4.79 Å². The lowest BCUT2D eigenvalue weighted by Crippen LogP contribution is -2.39. The van der Waals surface area contributed by atoms with Gasteiger partial charge in [0.15, 0.2) is 0 Å². The monoisotopic (exact) mass is 299 g/mol. The Bertz CT molecular complexity index is 553. The average Bonchev–Trinajstić information content (AvgIpc) is 3.05. The summed E-state index contributed by atoms with van der Waals surface area (Å²) in [6.45, 7) is 0.641. The van der Waals surface area contributed by atoms with Crippen LogP contribution >= 0.6 is 0 Å². The Hall–Kier alpha value is -1.77. The fourth-order valence-corrected chi connectivity index (χ4v) is 3.88. The van der Waals surface area contributed by atoms with Crippen LogP contribution in [0.15, 0.2) is 30.3 Å². The topological polar surface area (TPSA) is 38.3 Å². The van der Waals surface area contributed by atoms with Crippen molar-refractivity contribution in [2.24, 2.45) is 5.41 Å². The number of allylic oxidation sites excluding steroid dienone is 1. The van der Waals surface area contributed by atoms with Crippen LogP contribution in [0.2, 0.25) is 0 Å². The summed E-state index contributed by atoms with van der Waals surface area (Å²) < 4.78 is 5.22. The first-order valence-corrected chi connectivity index (χ1v) is 8.35. The minimum absolute atomic E-state index is 0.0802. The Kier molecular flexibility index (Phi) is 4.51. The van der Waals surface area contributed by atoms with Crippen molar-refractivity contribution in [1.82, 2.24) is 5.32 Å². The number of hydrogen-bond acceptors (Lipinski definition) is 2. The molecule has 22 heavy (non-hydrogen) atoms. The zero-order chi connectivity index (χ0) is 15.4. The largest absolute Gasteiger partial charge is 0.497 e. The number of ether oxygens (including phenoxy) is 1. The van der Waals surface area contributed by atoms with E-state index in [2.05, 4.69) is 23.5 Å². The predicted molar refractivity (Wildman–Crippen MR) is 88.7 cm³/mol. The highest BCUT2D eigenvalue weighted by Gasteiger charge is 2.40. The van der Waals surface area contributed by atoms with Crippen LogP contribution in [0, 0.1) is 5.41 Å². The van der Waals surface area contributed by atoms with E-state index in [-0.39, 0.29) is 11.3 Å². The van der Waals surface area contributed by atoms with E-state index < -0.39 is 0 Å². The number of amides is 1. The van der Waals surface area contributed by atoms with Gasteiger partial charge in [0.05, 0.1) is 7.11 Å². The Labute approximate surface area is 132 Å². The van der Waals surface area contributed by atoms with Gasteiger partial charge in [0.1, 0.15) is 5.75 Å². The molecule has 0 saturated heterocycles. The van der Waals surface area contributed by atoms with Crippen molar-refractivity contribution in [3.8, 4) is 5.75 Å². The highest BCUT2D eigenvalue weighted by Crippen LogP contribution is 2.43. The molecule has 1 N–H and O–H groups in total. The maximum absolute atomic E-state index is 12.5. The van der Waals surface area contributed by atoms with Crippen LogP contribution in [0.1, 0.15) is 50.5 Å². The summed E-state index contributed by atoms with van der Waals surface area (Å²) in [6, 6.07) is 8.21. The molecule has 0 radical (unpaired) electrons. The molecule has 1 aromatic carbocycles. The lowest BCUT2D eigenvalue weighted by molar-refractivity contribution is -0.131. The van der Waals surface area contributed by atoms with Gasteiger partial charge in [-0.1, -0.05) is 31.1 Å². The quantitative estimate of drug-likeness (QED) is 0.898. The van der Waals surface area contributed by atoms with Gasteiger partial charge >= 0.3 is 0 Å². The molecule has 3 rings (SSSR count). The van der Waals surface area contributed by atoms with Crippen LogP contribution in [0.25, 0.3) is 5.57 Å². The Balaban J connectivity index is 1.74. The van der Waals surface area contributed by atoms with Crippen molar-refractivity contribution in [3.05, 3.63) is 35.9 Å². The fourth-order valence-electron chi connectivity index (χ4n) is 3.88. The van der Waals surface area contributed by atoms with Gasteiger partial charge in [0.25, 0.3) is 0 Å². The third-order valence-corrected chi connectivity index (χ3v) is 5.22. The summed E-state index contributed by atoms with van der Waals surface area (Å²) in [5.41, 5.74) is 2.49. The maximum atomic E-state index is 12.5. The minimum Gasteiger partial charge on any atom is -0.497 e. The number of rotatable bonds is 2. The first-order chi connectivity index (χ1) is 10.7. The van der Waals surface area contributed by atoms with E-state index in [0.29, 0.717) is 6.54 Å². The van der Waals surface area contributed by atoms with Gasteiger partial charge in [-0.2, -0.15) is 0 Å². The summed E-state index contributed by atoms with van der Waals surface area (Å²) in [5, 5.41) is 3.14. The van der Waals surface area contributed by atoms with Crippen LogP contribution in [-0.4, -0.2) is 19.6 Å². The van der Waals surface area contributed by atoms with Crippen molar-refractivity contribution in [1.29, 1.82) is 0 Å². The highest BCUT2D eigenvalue weighted by molar-refractivity contribution is 5.83. The SMILES string of the molecule is COc1ccc(/C2=C/CNC(=O)C3(CCCC3)CCC2)cc1. The van der Waals surface area contributed by atoms with Crippen LogP contribution in [0.4, 0.5) is 0 Å². The van der Waals surface area contributed by atoms with Crippen LogP contribution < -0.4 is 10.1 Å². The molecule has 1 aliphatic carbocycles.